The fourth-order valence-corrected chi connectivity index (χ4v) is 2.25. The van der Waals surface area contributed by atoms with Crippen molar-refractivity contribution >= 4 is 0 Å². The molecule has 2 unspecified atom stereocenters. The predicted molar refractivity (Wildman–Crippen MR) is 52.8 cm³/mol. The predicted octanol–water partition coefficient (Wildman–Crippen LogP) is 2.23. The molecule has 0 fully saturated rings. The van der Waals surface area contributed by atoms with Crippen LogP contribution in [0, 0.1) is 18.8 Å². The van der Waals surface area contributed by atoms with E-state index in [1.165, 1.54) is 0 Å². The van der Waals surface area contributed by atoms with Crippen LogP contribution in [-0.2, 0) is 6.42 Å². The minimum atomic E-state index is -0.434. The van der Waals surface area contributed by atoms with Crippen molar-refractivity contribution in [2.45, 2.75) is 39.7 Å². The second-order valence-electron chi connectivity index (χ2n) is 4.43. The second kappa shape index (κ2) is 3.39. The molecule has 1 heterocycles. The quantitative estimate of drug-likeness (QED) is 0.747. The Morgan fingerprint density at radius 2 is 2.21 bits per heavy atom. The molecule has 14 heavy (non-hydrogen) atoms. The van der Waals surface area contributed by atoms with Crippen molar-refractivity contribution in [3.8, 4) is 0 Å². The van der Waals surface area contributed by atoms with Gasteiger partial charge in [-0.3, -0.25) is 0 Å². The van der Waals surface area contributed by atoms with Gasteiger partial charge in [0.15, 0.2) is 5.89 Å². The number of oxazole rings is 1. The van der Waals surface area contributed by atoms with Crippen molar-refractivity contribution in [1.29, 1.82) is 0 Å². The Hall–Kier alpha value is -0.830. The van der Waals surface area contributed by atoms with Gasteiger partial charge < -0.3 is 9.52 Å². The molecule has 0 aliphatic heterocycles. The topological polar surface area (TPSA) is 46.3 Å². The van der Waals surface area contributed by atoms with Crippen LogP contribution in [-0.4, -0.2) is 10.1 Å². The molecule has 0 radical (unpaired) electrons. The lowest BCUT2D eigenvalue weighted by molar-refractivity contribution is 0.0606. The summed E-state index contributed by atoms with van der Waals surface area (Å²) in [7, 11) is 0. The number of fused-ring (bicyclic) bond motifs is 1. The maximum Gasteiger partial charge on any atom is 0.191 e. The summed E-state index contributed by atoms with van der Waals surface area (Å²) >= 11 is 0. The third-order valence-corrected chi connectivity index (χ3v) is 3.08. The summed E-state index contributed by atoms with van der Waals surface area (Å²) in [6, 6.07) is 0. The summed E-state index contributed by atoms with van der Waals surface area (Å²) in [4.78, 5) is 4.25. The molecule has 1 aliphatic rings. The van der Waals surface area contributed by atoms with Crippen LogP contribution in [0.4, 0.5) is 0 Å². The van der Waals surface area contributed by atoms with Crippen molar-refractivity contribution in [2.75, 3.05) is 0 Å². The molecule has 1 aromatic heterocycles. The van der Waals surface area contributed by atoms with Crippen molar-refractivity contribution in [2.24, 2.45) is 11.8 Å². The zero-order valence-electron chi connectivity index (χ0n) is 8.95. The van der Waals surface area contributed by atoms with Gasteiger partial charge in [-0.25, -0.2) is 4.98 Å². The largest absolute Gasteiger partial charge is 0.446 e. The molecule has 78 valence electrons. The lowest BCUT2D eigenvalue weighted by Crippen LogP contribution is -2.24. The number of aliphatic hydroxyl groups excluding tert-OH is 1. The van der Waals surface area contributed by atoms with Crippen molar-refractivity contribution in [1.82, 2.24) is 4.98 Å². The highest BCUT2D eigenvalue weighted by molar-refractivity contribution is 5.17. The fraction of sp³-hybridized carbons (Fsp3) is 0.727. The molecule has 1 N–H and O–H groups in total. The Morgan fingerprint density at radius 1 is 1.50 bits per heavy atom. The van der Waals surface area contributed by atoms with E-state index < -0.39 is 6.10 Å². The van der Waals surface area contributed by atoms with Crippen LogP contribution < -0.4 is 0 Å². The average molecular weight is 195 g/mol. The van der Waals surface area contributed by atoms with Crippen LogP contribution in [0.2, 0.25) is 0 Å². The molecule has 0 aromatic carbocycles. The van der Waals surface area contributed by atoms with Crippen LogP contribution in [0.1, 0.15) is 43.7 Å². The summed E-state index contributed by atoms with van der Waals surface area (Å²) in [6.07, 6.45) is 1.48. The van der Waals surface area contributed by atoms with Gasteiger partial charge in [0.05, 0.1) is 0 Å². The molecule has 0 saturated carbocycles. The standard InChI is InChI=1S/C11H17NO2/c1-6(2)8-4-5-9-10(11(8)13)12-7(3)14-9/h6,8,11,13H,4-5H2,1-3H3. The first kappa shape index (κ1) is 9.71. The van der Waals surface area contributed by atoms with Crippen LogP contribution in [0.3, 0.4) is 0 Å². The monoisotopic (exact) mass is 195 g/mol. The van der Waals surface area contributed by atoms with Crippen molar-refractivity contribution in [3.63, 3.8) is 0 Å². The Labute approximate surface area is 84.2 Å². The molecule has 3 heteroatoms. The Kier molecular flexibility index (Phi) is 2.35. The van der Waals surface area contributed by atoms with E-state index in [4.69, 9.17) is 4.42 Å². The minimum absolute atomic E-state index is 0.326. The van der Waals surface area contributed by atoms with Gasteiger partial charge in [0.2, 0.25) is 0 Å². The van der Waals surface area contributed by atoms with Gasteiger partial charge >= 0.3 is 0 Å². The molecular formula is C11H17NO2. The van der Waals surface area contributed by atoms with Gasteiger partial charge in [-0.2, -0.15) is 0 Å². The summed E-state index contributed by atoms with van der Waals surface area (Å²) in [6.45, 7) is 6.12. The van der Waals surface area contributed by atoms with Gasteiger partial charge in [0.1, 0.15) is 17.6 Å². The number of hydrogen-bond acceptors (Lipinski definition) is 3. The van der Waals surface area contributed by atoms with E-state index >= 15 is 0 Å². The second-order valence-corrected chi connectivity index (χ2v) is 4.43. The Morgan fingerprint density at radius 3 is 2.86 bits per heavy atom. The van der Waals surface area contributed by atoms with Crippen LogP contribution in [0.5, 0.6) is 0 Å². The van der Waals surface area contributed by atoms with E-state index in [1.54, 1.807) is 0 Å². The van der Waals surface area contributed by atoms with Gasteiger partial charge in [-0.1, -0.05) is 13.8 Å². The summed E-state index contributed by atoms with van der Waals surface area (Å²) in [5.41, 5.74) is 0.771. The van der Waals surface area contributed by atoms with Gasteiger partial charge in [-0.05, 0) is 18.3 Å². The molecule has 0 amide bonds. The first-order valence-electron chi connectivity index (χ1n) is 5.24. The third kappa shape index (κ3) is 1.46. The maximum atomic E-state index is 10.1. The number of nitrogens with zero attached hydrogens (tertiary/aromatic N) is 1. The van der Waals surface area contributed by atoms with E-state index in [0.29, 0.717) is 17.7 Å². The molecular weight excluding hydrogens is 178 g/mol. The minimum Gasteiger partial charge on any atom is -0.446 e. The lowest BCUT2D eigenvalue weighted by atomic mass is 9.80. The summed E-state index contributed by atoms with van der Waals surface area (Å²) in [5, 5.41) is 10.1. The molecule has 2 rings (SSSR count). The van der Waals surface area contributed by atoms with E-state index in [-0.39, 0.29) is 0 Å². The SMILES string of the molecule is Cc1nc2c(o1)CCC(C(C)C)C2O. The van der Waals surface area contributed by atoms with Crippen molar-refractivity contribution < 1.29 is 9.52 Å². The Balaban J connectivity index is 2.31. The zero-order valence-corrected chi connectivity index (χ0v) is 8.95. The van der Waals surface area contributed by atoms with E-state index in [9.17, 15) is 5.11 Å². The molecule has 3 nitrogen and oxygen atoms in total. The van der Waals surface area contributed by atoms with Gasteiger partial charge in [-0.15, -0.1) is 0 Å². The average Bonchev–Trinajstić information content (AvgIpc) is 2.46. The molecule has 0 bridgehead atoms. The van der Waals surface area contributed by atoms with E-state index in [0.717, 1.165) is 24.3 Å². The number of hydrogen-bond donors (Lipinski definition) is 1. The molecule has 0 saturated heterocycles. The lowest BCUT2D eigenvalue weighted by Gasteiger charge is -2.28. The van der Waals surface area contributed by atoms with Crippen LogP contribution in [0.15, 0.2) is 4.42 Å². The summed E-state index contributed by atoms with van der Waals surface area (Å²) in [5.74, 6) is 2.37. The normalized spacial score (nSPS) is 26.6. The third-order valence-electron chi connectivity index (χ3n) is 3.08. The smallest absolute Gasteiger partial charge is 0.191 e. The number of aromatic nitrogens is 1. The molecule has 1 aromatic rings. The fourth-order valence-electron chi connectivity index (χ4n) is 2.25. The summed E-state index contributed by atoms with van der Waals surface area (Å²) < 4.78 is 5.43. The number of rotatable bonds is 1. The van der Waals surface area contributed by atoms with Crippen LogP contribution >= 0.6 is 0 Å². The molecule has 0 spiro atoms. The highest BCUT2D eigenvalue weighted by Crippen LogP contribution is 2.38. The van der Waals surface area contributed by atoms with Gasteiger partial charge in [0, 0.05) is 13.3 Å². The first-order chi connectivity index (χ1) is 6.59. The Bertz CT molecular complexity index is 330. The maximum absolute atomic E-state index is 10.1. The van der Waals surface area contributed by atoms with Gasteiger partial charge in [0.25, 0.3) is 0 Å². The number of aliphatic hydroxyl groups is 1. The van der Waals surface area contributed by atoms with E-state index in [2.05, 4.69) is 18.8 Å². The molecule has 1 aliphatic carbocycles. The van der Waals surface area contributed by atoms with Crippen LogP contribution in [0.25, 0.3) is 0 Å². The van der Waals surface area contributed by atoms with Crippen molar-refractivity contribution in [3.05, 3.63) is 17.3 Å². The first-order valence-corrected chi connectivity index (χ1v) is 5.24. The highest BCUT2D eigenvalue weighted by Gasteiger charge is 2.33. The highest BCUT2D eigenvalue weighted by atomic mass is 16.4. The van der Waals surface area contributed by atoms with E-state index in [1.807, 2.05) is 6.92 Å². The zero-order chi connectivity index (χ0) is 10.3. The number of aryl methyl sites for hydroxylation is 2. The molecule has 2 atom stereocenters.